The summed E-state index contributed by atoms with van der Waals surface area (Å²) in [4.78, 5) is 0. The average molecular weight is 332 g/mol. The Morgan fingerprint density at radius 1 is 0.565 bits per heavy atom. The first-order valence-corrected chi connectivity index (χ1v) is 7.51. The molecule has 0 bridgehead atoms. The van der Waals surface area contributed by atoms with Gasteiger partial charge >= 0.3 is 21.7 Å². The van der Waals surface area contributed by atoms with Gasteiger partial charge < -0.3 is 0 Å². The second-order valence-electron chi connectivity index (χ2n) is 4.74. The van der Waals surface area contributed by atoms with Crippen LogP contribution < -0.4 is 0 Å². The van der Waals surface area contributed by atoms with Crippen molar-refractivity contribution in [3.05, 3.63) is 109 Å². The molecule has 0 N–H and O–H groups in total. The van der Waals surface area contributed by atoms with Gasteiger partial charge in [-0.2, -0.15) is 12.2 Å². The monoisotopic (exact) mass is 332 g/mol. The maximum Gasteiger partial charge on any atom is 2.00 e. The van der Waals surface area contributed by atoms with Gasteiger partial charge in [0.05, 0.1) is 0 Å². The van der Waals surface area contributed by atoms with Crippen molar-refractivity contribution < 1.29 is 21.7 Å². The van der Waals surface area contributed by atoms with Crippen molar-refractivity contribution in [2.45, 2.75) is 12.8 Å². The quantitative estimate of drug-likeness (QED) is 0.446. The van der Waals surface area contributed by atoms with Gasteiger partial charge in [-0.1, -0.05) is 60.7 Å². The third kappa shape index (κ3) is 8.35. The molecule has 2 aliphatic rings. The van der Waals surface area contributed by atoms with E-state index in [1.54, 1.807) is 0 Å². The maximum atomic E-state index is 2.99. The van der Waals surface area contributed by atoms with Crippen LogP contribution in [0.4, 0.5) is 0 Å². The molecule has 0 radical (unpaired) electrons. The number of allylic oxidation sites excluding steroid dienone is 8. The van der Waals surface area contributed by atoms with Gasteiger partial charge in [-0.15, -0.1) is 12.8 Å². The summed E-state index contributed by atoms with van der Waals surface area (Å²) >= 11 is 0. The average Bonchev–Trinajstić information content (AvgIpc) is 3.34. The summed E-state index contributed by atoms with van der Waals surface area (Å²) in [5.41, 5.74) is 2.55. The minimum atomic E-state index is 0. The van der Waals surface area contributed by atoms with E-state index in [1.807, 2.05) is 36.4 Å². The van der Waals surface area contributed by atoms with Crippen LogP contribution in [0.15, 0.2) is 97.1 Å². The molecule has 4 rings (SSSR count). The second-order valence-corrected chi connectivity index (χ2v) is 4.74. The van der Waals surface area contributed by atoms with E-state index in [9.17, 15) is 0 Å². The molecule has 0 amide bonds. The topological polar surface area (TPSA) is 0 Å². The van der Waals surface area contributed by atoms with E-state index >= 15 is 0 Å². The number of benzene rings is 2. The van der Waals surface area contributed by atoms with Gasteiger partial charge in [0.2, 0.25) is 0 Å². The van der Waals surface area contributed by atoms with Crippen molar-refractivity contribution in [2.75, 3.05) is 0 Å². The SMILES string of the molecule is [C-]1=CC=CC1.[C-]1=CC=CC1.[Ti+2].c1ccc(-c2ccccc2)cc1. The Morgan fingerprint density at radius 3 is 1.17 bits per heavy atom. The van der Waals surface area contributed by atoms with Gasteiger partial charge in [-0.25, -0.2) is 24.3 Å². The zero-order chi connectivity index (χ0) is 15.3. The predicted octanol–water partition coefficient (Wildman–Crippen LogP) is 5.96. The molecule has 0 aliphatic heterocycles. The van der Waals surface area contributed by atoms with Crippen molar-refractivity contribution in [3.63, 3.8) is 0 Å². The zero-order valence-electron chi connectivity index (χ0n) is 13.2. The molecule has 112 valence electrons. The number of hydrogen-bond acceptors (Lipinski definition) is 0. The molecule has 0 nitrogen and oxygen atoms in total. The van der Waals surface area contributed by atoms with E-state index in [2.05, 4.69) is 72.8 Å². The molecule has 0 saturated carbocycles. The van der Waals surface area contributed by atoms with Crippen molar-refractivity contribution in [1.82, 2.24) is 0 Å². The van der Waals surface area contributed by atoms with Gasteiger partial charge in [-0.3, -0.25) is 12.2 Å². The number of hydrogen-bond donors (Lipinski definition) is 0. The first kappa shape index (κ1) is 19.2. The predicted molar refractivity (Wildman–Crippen MR) is 95.0 cm³/mol. The smallest absolute Gasteiger partial charge is 0.273 e. The fourth-order valence-electron chi connectivity index (χ4n) is 1.94. The van der Waals surface area contributed by atoms with Crippen LogP contribution in [0.3, 0.4) is 0 Å². The van der Waals surface area contributed by atoms with Crippen molar-refractivity contribution in [3.8, 4) is 11.1 Å². The summed E-state index contributed by atoms with van der Waals surface area (Å²) < 4.78 is 0. The van der Waals surface area contributed by atoms with Crippen LogP contribution in [0.5, 0.6) is 0 Å². The standard InChI is InChI=1S/C12H10.2C5H5.Ti/c1-3-7-11(8-4-1)12-9-5-2-6-10-12;2*1-2-4-5-3-1;/h1-10H;2*1-3H,4H2;/q;2*-1;+2. The Balaban J connectivity index is 0.000000200. The Hall–Kier alpha value is -1.89. The van der Waals surface area contributed by atoms with E-state index in [0.717, 1.165) is 12.8 Å². The fraction of sp³-hybridized carbons (Fsp3) is 0.0909. The minimum Gasteiger partial charge on any atom is -0.273 e. The Kier molecular flexibility index (Phi) is 10.5. The molecule has 2 aliphatic carbocycles. The van der Waals surface area contributed by atoms with E-state index in [0.29, 0.717) is 0 Å². The largest absolute Gasteiger partial charge is 2.00 e. The first-order chi connectivity index (χ1) is 11.0. The van der Waals surface area contributed by atoms with E-state index in [4.69, 9.17) is 0 Å². The molecule has 0 saturated heterocycles. The van der Waals surface area contributed by atoms with Gasteiger partial charge in [-0.05, 0) is 11.1 Å². The summed E-state index contributed by atoms with van der Waals surface area (Å²) in [7, 11) is 0. The van der Waals surface area contributed by atoms with Crippen LogP contribution in [0.25, 0.3) is 11.1 Å². The first-order valence-electron chi connectivity index (χ1n) is 7.51. The maximum absolute atomic E-state index is 2.99. The molecule has 0 aromatic heterocycles. The van der Waals surface area contributed by atoms with Crippen molar-refractivity contribution >= 4 is 0 Å². The van der Waals surface area contributed by atoms with E-state index in [-0.39, 0.29) is 21.7 Å². The summed E-state index contributed by atoms with van der Waals surface area (Å²) in [5, 5.41) is 0. The summed E-state index contributed by atoms with van der Waals surface area (Å²) in [6.45, 7) is 0. The van der Waals surface area contributed by atoms with Gasteiger partial charge in [0.25, 0.3) is 0 Å². The third-order valence-corrected chi connectivity index (χ3v) is 3.05. The Labute approximate surface area is 154 Å². The summed E-state index contributed by atoms with van der Waals surface area (Å²) in [6.07, 6.45) is 20.0. The molecular weight excluding hydrogens is 312 g/mol. The van der Waals surface area contributed by atoms with Crippen molar-refractivity contribution in [1.29, 1.82) is 0 Å². The fourth-order valence-corrected chi connectivity index (χ4v) is 1.94. The molecule has 23 heavy (non-hydrogen) atoms. The summed E-state index contributed by atoms with van der Waals surface area (Å²) in [6, 6.07) is 20.8. The van der Waals surface area contributed by atoms with Gasteiger partial charge in [0.15, 0.2) is 0 Å². The van der Waals surface area contributed by atoms with Gasteiger partial charge in [0.1, 0.15) is 0 Å². The zero-order valence-corrected chi connectivity index (χ0v) is 14.7. The van der Waals surface area contributed by atoms with Gasteiger partial charge in [0, 0.05) is 0 Å². The number of rotatable bonds is 1. The molecule has 0 fully saturated rings. The normalized spacial score (nSPS) is 12.7. The second kappa shape index (κ2) is 12.6. The van der Waals surface area contributed by atoms with Crippen LogP contribution in [0, 0.1) is 12.2 Å². The van der Waals surface area contributed by atoms with Crippen LogP contribution >= 0.6 is 0 Å². The summed E-state index contributed by atoms with van der Waals surface area (Å²) in [5.74, 6) is 0. The third-order valence-electron chi connectivity index (χ3n) is 3.05. The van der Waals surface area contributed by atoms with Crippen LogP contribution in [0.1, 0.15) is 12.8 Å². The molecule has 0 heterocycles. The Bertz CT molecular complexity index is 555. The molecular formula is C22H20Ti. The molecule has 1 heteroatoms. The van der Waals surface area contributed by atoms with Crippen LogP contribution in [-0.4, -0.2) is 0 Å². The van der Waals surface area contributed by atoms with Crippen molar-refractivity contribution in [2.24, 2.45) is 0 Å². The van der Waals surface area contributed by atoms with E-state index in [1.165, 1.54) is 11.1 Å². The molecule has 0 atom stereocenters. The van der Waals surface area contributed by atoms with Crippen LogP contribution in [0.2, 0.25) is 0 Å². The Morgan fingerprint density at radius 2 is 0.957 bits per heavy atom. The molecule has 2 aromatic rings. The van der Waals surface area contributed by atoms with E-state index < -0.39 is 0 Å². The molecule has 2 aromatic carbocycles. The molecule has 0 spiro atoms. The minimum absolute atomic E-state index is 0. The van der Waals surface area contributed by atoms with Crippen LogP contribution in [-0.2, 0) is 21.7 Å². The molecule has 0 unspecified atom stereocenters.